The summed E-state index contributed by atoms with van der Waals surface area (Å²) in [5.41, 5.74) is 0.283. The van der Waals surface area contributed by atoms with Gasteiger partial charge in [0.1, 0.15) is 5.15 Å². The Bertz CT molecular complexity index is 539. The highest BCUT2D eigenvalue weighted by molar-refractivity contribution is 6.29. The predicted molar refractivity (Wildman–Crippen MR) is 88.3 cm³/mol. The lowest BCUT2D eigenvalue weighted by Gasteiger charge is -2.27. The molecule has 1 amide bonds. The zero-order chi connectivity index (χ0) is 16.8. The number of ether oxygens (including phenoxy) is 1. The van der Waals surface area contributed by atoms with Gasteiger partial charge >= 0.3 is 5.97 Å². The van der Waals surface area contributed by atoms with Crippen LogP contribution in [-0.2, 0) is 9.53 Å². The van der Waals surface area contributed by atoms with Crippen molar-refractivity contribution in [1.29, 1.82) is 0 Å². The van der Waals surface area contributed by atoms with Gasteiger partial charge in [0, 0.05) is 12.2 Å². The molecule has 1 aliphatic carbocycles. The normalized spacial score (nSPS) is 16.9. The van der Waals surface area contributed by atoms with Crippen LogP contribution >= 0.6 is 11.6 Å². The van der Waals surface area contributed by atoms with E-state index in [9.17, 15) is 9.59 Å². The summed E-state index contributed by atoms with van der Waals surface area (Å²) < 4.78 is 5.41. The largest absolute Gasteiger partial charge is 0.448 e. The number of rotatable bonds is 5. The van der Waals surface area contributed by atoms with E-state index < -0.39 is 12.1 Å². The molecule has 1 atom stereocenters. The second-order valence-electron chi connectivity index (χ2n) is 6.28. The van der Waals surface area contributed by atoms with Gasteiger partial charge in [-0.25, -0.2) is 9.78 Å². The standard InChI is InChI=1S/C17H23ClN2O3/c1-11(2)15(16(21)20-13-6-4-3-5-7-13)23-17(22)12-8-9-14(18)19-10-12/h8-11,13,15H,3-7H2,1-2H3,(H,20,21)/t15-/m0/s1. The molecule has 1 heterocycles. The minimum Gasteiger partial charge on any atom is -0.448 e. The highest BCUT2D eigenvalue weighted by Gasteiger charge is 2.29. The Hall–Kier alpha value is -1.62. The summed E-state index contributed by atoms with van der Waals surface area (Å²) in [7, 11) is 0. The molecule has 2 rings (SSSR count). The van der Waals surface area contributed by atoms with Crippen molar-refractivity contribution in [3.63, 3.8) is 0 Å². The topological polar surface area (TPSA) is 68.3 Å². The number of carbonyl (C=O) groups is 2. The van der Waals surface area contributed by atoms with Crippen LogP contribution in [0.2, 0.25) is 5.15 Å². The number of aromatic nitrogens is 1. The van der Waals surface area contributed by atoms with E-state index in [1.165, 1.54) is 24.8 Å². The Morgan fingerprint density at radius 2 is 1.96 bits per heavy atom. The minimum absolute atomic E-state index is 0.109. The molecule has 0 aromatic carbocycles. The molecule has 6 heteroatoms. The molecule has 23 heavy (non-hydrogen) atoms. The first kappa shape index (κ1) is 17.7. The molecule has 1 fully saturated rings. The summed E-state index contributed by atoms with van der Waals surface area (Å²) in [4.78, 5) is 28.5. The highest BCUT2D eigenvalue weighted by atomic mass is 35.5. The number of pyridine rings is 1. The molecule has 0 radical (unpaired) electrons. The van der Waals surface area contributed by atoms with Gasteiger partial charge in [0.15, 0.2) is 6.10 Å². The lowest BCUT2D eigenvalue weighted by Crippen LogP contribution is -2.46. The molecule has 5 nitrogen and oxygen atoms in total. The van der Waals surface area contributed by atoms with Crippen LogP contribution in [0, 0.1) is 5.92 Å². The fourth-order valence-corrected chi connectivity index (χ4v) is 2.81. The van der Waals surface area contributed by atoms with Gasteiger partial charge in [-0.2, -0.15) is 0 Å². The fourth-order valence-electron chi connectivity index (χ4n) is 2.70. The van der Waals surface area contributed by atoms with Crippen LogP contribution in [0.15, 0.2) is 18.3 Å². The Morgan fingerprint density at radius 3 is 2.52 bits per heavy atom. The van der Waals surface area contributed by atoms with Gasteiger partial charge in [0.25, 0.3) is 5.91 Å². The summed E-state index contributed by atoms with van der Waals surface area (Å²) in [6.45, 7) is 3.72. The first-order valence-electron chi connectivity index (χ1n) is 8.10. The third-order valence-corrected chi connectivity index (χ3v) is 4.24. The van der Waals surface area contributed by atoms with Crippen LogP contribution in [0.25, 0.3) is 0 Å². The Balaban J connectivity index is 1.98. The molecule has 0 aliphatic heterocycles. The van der Waals surface area contributed by atoms with Crippen LogP contribution in [0.1, 0.15) is 56.3 Å². The van der Waals surface area contributed by atoms with Gasteiger partial charge in [-0.3, -0.25) is 4.79 Å². The second-order valence-corrected chi connectivity index (χ2v) is 6.67. The molecule has 0 saturated heterocycles. The maximum atomic E-state index is 12.4. The zero-order valence-electron chi connectivity index (χ0n) is 13.5. The summed E-state index contributed by atoms with van der Waals surface area (Å²) in [5, 5.41) is 3.32. The number of nitrogens with one attached hydrogen (secondary N) is 1. The Kier molecular flexibility index (Phi) is 6.39. The summed E-state index contributed by atoms with van der Waals surface area (Å²) >= 11 is 5.70. The molecule has 1 saturated carbocycles. The molecule has 1 aliphatic rings. The van der Waals surface area contributed by atoms with E-state index in [-0.39, 0.29) is 23.4 Å². The Labute approximate surface area is 141 Å². The van der Waals surface area contributed by atoms with Gasteiger partial charge in [-0.1, -0.05) is 44.7 Å². The van der Waals surface area contributed by atoms with Crippen molar-refractivity contribution in [2.24, 2.45) is 5.92 Å². The van der Waals surface area contributed by atoms with Crippen LogP contribution in [-0.4, -0.2) is 29.0 Å². The number of amides is 1. The van der Waals surface area contributed by atoms with Gasteiger partial charge in [0.05, 0.1) is 5.56 Å². The van der Waals surface area contributed by atoms with Crippen LogP contribution < -0.4 is 5.32 Å². The molecule has 1 aromatic heterocycles. The van der Waals surface area contributed by atoms with Gasteiger partial charge in [0.2, 0.25) is 0 Å². The van der Waals surface area contributed by atoms with E-state index in [1.54, 1.807) is 0 Å². The van der Waals surface area contributed by atoms with Crippen LogP contribution in [0.4, 0.5) is 0 Å². The number of nitrogens with zero attached hydrogens (tertiary/aromatic N) is 1. The van der Waals surface area contributed by atoms with Crippen LogP contribution in [0.3, 0.4) is 0 Å². The van der Waals surface area contributed by atoms with Crippen molar-refractivity contribution in [3.05, 3.63) is 29.0 Å². The quantitative estimate of drug-likeness (QED) is 0.660. The number of hydrogen-bond acceptors (Lipinski definition) is 4. The number of carbonyl (C=O) groups excluding carboxylic acids is 2. The van der Waals surface area contributed by atoms with Crippen molar-refractivity contribution >= 4 is 23.5 Å². The van der Waals surface area contributed by atoms with E-state index in [4.69, 9.17) is 16.3 Å². The summed E-state index contributed by atoms with van der Waals surface area (Å²) in [6, 6.07) is 3.24. The highest BCUT2D eigenvalue weighted by Crippen LogP contribution is 2.19. The maximum Gasteiger partial charge on any atom is 0.340 e. The number of esters is 1. The third-order valence-electron chi connectivity index (χ3n) is 4.01. The van der Waals surface area contributed by atoms with E-state index in [2.05, 4.69) is 10.3 Å². The van der Waals surface area contributed by atoms with E-state index in [1.807, 2.05) is 13.8 Å². The summed E-state index contributed by atoms with van der Waals surface area (Å²) in [5.74, 6) is -0.892. The number of halogens is 1. The average Bonchev–Trinajstić information content (AvgIpc) is 2.53. The molecular weight excluding hydrogens is 316 g/mol. The fraction of sp³-hybridized carbons (Fsp3) is 0.588. The maximum absolute atomic E-state index is 12.4. The van der Waals surface area contributed by atoms with E-state index in [0.717, 1.165) is 25.7 Å². The van der Waals surface area contributed by atoms with Gasteiger partial charge in [-0.15, -0.1) is 0 Å². The van der Waals surface area contributed by atoms with Crippen molar-refractivity contribution in [2.75, 3.05) is 0 Å². The van der Waals surface area contributed by atoms with Crippen molar-refractivity contribution in [1.82, 2.24) is 10.3 Å². The van der Waals surface area contributed by atoms with Crippen LogP contribution in [0.5, 0.6) is 0 Å². The molecule has 1 aromatic rings. The average molecular weight is 339 g/mol. The third kappa shape index (κ3) is 5.20. The lowest BCUT2D eigenvalue weighted by molar-refractivity contribution is -0.133. The smallest absolute Gasteiger partial charge is 0.340 e. The molecule has 0 spiro atoms. The number of hydrogen-bond donors (Lipinski definition) is 1. The van der Waals surface area contributed by atoms with Gasteiger partial charge in [-0.05, 0) is 30.9 Å². The first-order valence-corrected chi connectivity index (χ1v) is 8.48. The second kappa shape index (κ2) is 8.29. The molecular formula is C17H23ClN2O3. The Morgan fingerprint density at radius 1 is 1.26 bits per heavy atom. The molecule has 0 unspecified atom stereocenters. The molecule has 1 N–H and O–H groups in total. The van der Waals surface area contributed by atoms with Crippen molar-refractivity contribution in [3.8, 4) is 0 Å². The van der Waals surface area contributed by atoms with E-state index >= 15 is 0 Å². The first-order chi connectivity index (χ1) is 11.0. The monoisotopic (exact) mass is 338 g/mol. The van der Waals surface area contributed by atoms with Crippen molar-refractivity contribution < 1.29 is 14.3 Å². The van der Waals surface area contributed by atoms with Crippen molar-refractivity contribution in [2.45, 2.75) is 58.1 Å². The molecule has 0 bridgehead atoms. The zero-order valence-corrected chi connectivity index (χ0v) is 14.3. The minimum atomic E-state index is -0.805. The van der Waals surface area contributed by atoms with Gasteiger partial charge < -0.3 is 10.1 Å². The molecule has 126 valence electrons. The predicted octanol–water partition coefficient (Wildman–Crippen LogP) is 3.37. The summed E-state index contributed by atoms with van der Waals surface area (Å²) in [6.07, 6.45) is 6.01. The van der Waals surface area contributed by atoms with E-state index in [0.29, 0.717) is 5.15 Å². The SMILES string of the molecule is CC(C)[C@H](OC(=O)c1ccc(Cl)nc1)C(=O)NC1CCCCC1. The lowest BCUT2D eigenvalue weighted by atomic mass is 9.95.